The molecular weight excluding hydrogens is 306 g/mol. The minimum atomic E-state index is -0.344. The number of rotatable bonds is 1. The Hall–Kier alpha value is -2.21. The number of hydrogen-bond donors (Lipinski definition) is 1. The van der Waals surface area contributed by atoms with E-state index in [0.29, 0.717) is 18.7 Å². The molecule has 24 heavy (non-hydrogen) atoms. The van der Waals surface area contributed by atoms with Gasteiger partial charge in [-0.15, -0.1) is 0 Å². The predicted octanol–water partition coefficient (Wildman–Crippen LogP) is 1.46. The second kappa shape index (κ2) is 5.70. The summed E-state index contributed by atoms with van der Waals surface area (Å²) in [5, 5.41) is 10.4. The standard InChI is InChI=1S/C18H21N3O3/c22-14-5-3-7-18(14)8-4-9-20(12-18)16(23)13-11-19-15-6-1-2-10-21(15)17(13)24/h1-2,6,10-11,14,22H,3-5,7-9,12H2/t14-,18+/m1/s1. The van der Waals surface area contributed by atoms with Gasteiger partial charge >= 0.3 is 0 Å². The van der Waals surface area contributed by atoms with E-state index in [1.54, 1.807) is 29.3 Å². The van der Waals surface area contributed by atoms with Crippen LogP contribution in [0.25, 0.3) is 5.65 Å². The van der Waals surface area contributed by atoms with E-state index in [1.165, 1.54) is 10.6 Å². The van der Waals surface area contributed by atoms with Gasteiger partial charge in [0.1, 0.15) is 11.2 Å². The lowest BCUT2D eigenvalue weighted by Gasteiger charge is -2.42. The van der Waals surface area contributed by atoms with Gasteiger partial charge in [0.15, 0.2) is 0 Å². The molecule has 6 heteroatoms. The molecule has 2 fully saturated rings. The summed E-state index contributed by atoms with van der Waals surface area (Å²) in [5.74, 6) is -0.274. The van der Waals surface area contributed by atoms with Crippen LogP contribution in [0.15, 0.2) is 35.4 Å². The van der Waals surface area contributed by atoms with E-state index in [0.717, 1.165) is 32.1 Å². The highest BCUT2D eigenvalue weighted by molar-refractivity contribution is 5.93. The molecule has 3 heterocycles. The highest BCUT2D eigenvalue weighted by Crippen LogP contribution is 2.45. The number of aliphatic hydroxyl groups excluding tert-OH is 1. The summed E-state index contributed by atoms with van der Waals surface area (Å²) in [6.07, 6.45) is 7.24. The number of hydrogen-bond acceptors (Lipinski definition) is 4. The maximum Gasteiger partial charge on any atom is 0.270 e. The van der Waals surface area contributed by atoms with E-state index < -0.39 is 0 Å². The number of nitrogens with zero attached hydrogens (tertiary/aromatic N) is 3. The van der Waals surface area contributed by atoms with Crippen molar-refractivity contribution in [1.82, 2.24) is 14.3 Å². The van der Waals surface area contributed by atoms with E-state index in [4.69, 9.17) is 0 Å². The molecule has 2 atom stereocenters. The smallest absolute Gasteiger partial charge is 0.270 e. The topological polar surface area (TPSA) is 74.9 Å². The average molecular weight is 327 g/mol. The highest BCUT2D eigenvalue weighted by Gasteiger charge is 2.45. The Bertz CT molecular complexity index is 847. The van der Waals surface area contributed by atoms with Crippen molar-refractivity contribution in [3.05, 3.63) is 46.5 Å². The lowest BCUT2D eigenvalue weighted by Crippen LogP contribution is -2.50. The fraction of sp³-hybridized carbons (Fsp3) is 0.500. The van der Waals surface area contributed by atoms with Gasteiger partial charge in [0.25, 0.3) is 11.5 Å². The summed E-state index contributed by atoms with van der Waals surface area (Å²) < 4.78 is 1.40. The second-order valence-corrected chi connectivity index (χ2v) is 7.01. The van der Waals surface area contributed by atoms with E-state index in [9.17, 15) is 14.7 Å². The number of carbonyl (C=O) groups is 1. The second-order valence-electron chi connectivity index (χ2n) is 7.01. The third-order valence-electron chi connectivity index (χ3n) is 5.60. The molecule has 2 aromatic heterocycles. The molecule has 4 rings (SSSR count). The SMILES string of the molecule is O=C(c1cnc2ccccn2c1=O)N1CCC[C@@]2(CCC[C@H]2O)C1. The van der Waals surface area contributed by atoms with Gasteiger partial charge in [-0.3, -0.25) is 14.0 Å². The summed E-state index contributed by atoms with van der Waals surface area (Å²) in [4.78, 5) is 31.5. The Balaban J connectivity index is 1.66. The fourth-order valence-corrected chi connectivity index (χ4v) is 4.27. The summed E-state index contributed by atoms with van der Waals surface area (Å²) in [6, 6.07) is 5.29. The molecule has 2 aromatic rings. The van der Waals surface area contributed by atoms with E-state index in [2.05, 4.69) is 4.98 Å². The summed E-state index contributed by atoms with van der Waals surface area (Å²) >= 11 is 0. The monoisotopic (exact) mass is 327 g/mol. The number of aromatic nitrogens is 2. The zero-order valence-electron chi connectivity index (χ0n) is 13.5. The van der Waals surface area contributed by atoms with Crippen LogP contribution in [-0.4, -0.2) is 44.5 Å². The molecule has 1 saturated heterocycles. The van der Waals surface area contributed by atoms with Gasteiger partial charge in [0.05, 0.1) is 6.10 Å². The normalized spacial score (nSPS) is 27.0. The van der Waals surface area contributed by atoms with Gasteiger partial charge in [0, 0.05) is 30.9 Å². The van der Waals surface area contributed by atoms with Gasteiger partial charge in [-0.1, -0.05) is 12.5 Å². The van der Waals surface area contributed by atoms with Crippen molar-refractivity contribution in [3.63, 3.8) is 0 Å². The molecule has 126 valence electrons. The summed E-state index contributed by atoms with van der Waals surface area (Å²) in [6.45, 7) is 1.16. The largest absolute Gasteiger partial charge is 0.392 e. The van der Waals surface area contributed by atoms with Crippen molar-refractivity contribution >= 4 is 11.6 Å². The van der Waals surface area contributed by atoms with Crippen molar-refractivity contribution in [2.45, 2.75) is 38.2 Å². The van der Waals surface area contributed by atoms with Crippen LogP contribution < -0.4 is 5.56 Å². The minimum Gasteiger partial charge on any atom is -0.392 e. The number of fused-ring (bicyclic) bond motifs is 1. The van der Waals surface area contributed by atoms with Crippen LogP contribution in [0.2, 0.25) is 0 Å². The highest BCUT2D eigenvalue weighted by atomic mass is 16.3. The van der Waals surface area contributed by atoms with Crippen LogP contribution in [0.5, 0.6) is 0 Å². The third-order valence-corrected chi connectivity index (χ3v) is 5.60. The van der Waals surface area contributed by atoms with Gasteiger partial charge in [0.2, 0.25) is 0 Å². The van der Waals surface area contributed by atoms with Gasteiger partial charge in [-0.2, -0.15) is 0 Å². The van der Waals surface area contributed by atoms with Crippen molar-refractivity contribution in [3.8, 4) is 0 Å². The van der Waals surface area contributed by atoms with Gasteiger partial charge < -0.3 is 10.0 Å². The lowest BCUT2D eigenvalue weighted by atomic mass is 9.76. The lowest BCUT2D eigenvalue weighted by molar-refractivity contribution is -0.00543. The number of carbonyl (C=O) groups excluding carboxylic acids is 1. The van der Waals surface area contributed by atoms with Gasteiger partial charge in [-0.05, 0) is 37.8 Å². The van der Waals surface area contributed by atoms with Crippen LogP contribution in [-0.2, 0) is 0 Å². The Morgan fingerprint density at radius 3 is 2.92 bits per heavy atom. The van der Waals surface area contributed by atoms with Gasteiger partial charge in [-0.25, -0.2) is 4.98 Å². The quantitative estimate of drug-likeness (QED) is 0.860. The zero-order chi connectivity index (χ0) is 16.7. The Morgan fingerprint density at radius 2 is 2.12 bits per heavy atom. The maximum atomic E-state index is 12.9. The van der Waals surface area contributed by atoms with Crippen LogP contribution in [0.3, 0.4) is 0 Å². The number of piperidine rings is 1. The number of aliphatic hydroxyl groups is 1. The van der Waals surface area contributed by atoms with Crippen molar-refractivity contribution in [2.24, 2.45) is 5.41 Å². The molecule has 1 N–H and O–H groups in total. The average Bonchev–Trinajstić information content (AvgIpc) is 2.95. The fourth-order valence-electron chi connectivity index (χ4n) is 4.27. The Labute approximate surface area is 139 Å². The first kappa shape index (κ1) is 15.3. The first-order valence-corrected chi connectivity index (χ1v) is 8.54. The minimum absolute atomic E-state index is 0.100. The molecule has 0 bridgehead atoms. The maximum absolute atomic E-state index is 12.9. The van der Waals surface area contributed by atoms with E-state index >= 15 is 0 Å². The van der Waals surface area contributed by atoms with Crippen LogP contribution in [0.4, 0.5) is 0 Å². The van der Waals surface area contributed by atoms with Crippen LogP contribution in [0.1, 0.15) is 42.5 Å². The van der Waals surface area contributed by atoms with Crippen LogP contribution >= 0.6 is 0 Å². The predicted molar refractivity (Wildman–Crippen MR) is 88.9 cm³/mol. The van der Waals surface area contributed by atoms with Crippen molar-refractivity contribution in [2.75, 3.05) is 13.1 Å². The molecule has 0 aromatic carbocycles. The molecule has 1 spiro atoms. The number of amides is 1. The molecule has 1 aliphatic carbocycles. The third kappa shape index (κ3) is 2.33. The number of pyridine rings is 1. The molecule has 0 radical (unpaired) electrons. The zero-order valence-corrected chi connectivity index (χ0v) is 13.5. The number of likely N-dealkylation sites (tertiary alicyclic amines) is 1. The van der Waals surface area contributed by atoms with Crippen molar-refractivity contribution in [1.29, 1.82) is 0 Å². The molecule has 1 saturated carbocycles. The van der Waals surface area contributed by atoms with E-state index in [-0.39, 0.29) is 28.5 Å². The molecular formula is C18H21N3O3. The van der Waals surface area contributed by atoms with E-state index in [1.807, 2.05) is 0 Å². The molecule has 1 aliphatic heterocycles. The first-order valence-electron chi connectivity index (χ1n) is 8.54. The first-order chi connectivity index (χ1) is 11.6. The molecule has 2 aliphatic rings. The Kier molecular flexibility index (Phi) is 3.64. The molecule has 1 amide bonds. The molecule has 6 nitrogen and oxygen atoms in total. The van der Waals surface area contributed by atoms with Crippen LogP contribution in [0, 0.1) is 5.41 Å². The summed E-state index contributed by atoms with van der Waals surface area (Å²) in [7, 11) is 0. The van der Waals surface area contributed by atoms with Crippen molar-refractivity contribution < 1.29 is 9.90 Å². The molecule has 0 unspecified atom stereocenters. The summed E-state index contributed by atoms with van der Waals surface area (Å²) in [5.41, 5.74) is 0.106. The Morgan fingerprint density at radius 1 is 1.29 bits per heavy atom.